The molecule has 164 valence electrons. The molecule has 7 heteroatoms. The first-order valence-corrected chi connectivity index (χ1v) is 12.1. The summed E-state index contributed by atoms with van der Waals surface area (Å²) in [5.74, 6) is -0.382. The van der Waals surface area contributed by atoms with Gasteiger partial charge in [-0.1, -0.05) is 62.7 Å². The van der Waals surface area contributed by atoms with Crippen molar-refractivity contribution in [2.24, 2.45) is 0 Å². The molecule has 0 aromatic heterocycles. The predicted octanol–water partition coefficient (Wildman–Crippen LogP) is 4.98. The van der Waals surface area contributed by atoms with Gasteiger partial charge in [0.05, 0.1) is 18.0 Å². The van der Waals surface area contributed by atoms with E-state index < -0.39 is 16.1 Å². The fraction of sp³-hybridized carbons (Fsp3) is 0.435. The van der Waals surface area contributed by atoms with E-state index in [1.807, 2.05) is 19.1 Å². The van der Waals surface area contributed by atoms with Crippen molar-refractivity contribution in [1.82, 2.24) is 5.32 Å². The van der Waals surface area contributed by atoms with Crippen LogP contribution in [0.25, 0.3) is 0 Å². The molecule has 2 aromatic carbocycles. The van der Waals surface area contributed by atoms with Crippen LogP contribution in [0.2, 0.25) is 5.02 Å². The first kappa shape index (κ1) is 24.2. The summed E-state index contributed by atoms with van der Waals surface area (Å²) in [6.45, 7) is 11.7. The molecular formula is C23H31ClN2O3S. The van der Waals surface area contributed by atoms with Gasteiger partial charge in [0, 0.05) is 5.02 Å². The van der Waals surface area contributed by atoms with Gasteiger partial charge in [-0.3, -0.25) is 9.10 Å². The summed E-state index contributed by atoms with van der Waals surface area (Å²) in [6, 6.07) is 11.9. The van der Waals surface area contributed by atoms with Crippen molar-refractivity contribution in [2.45, 2.75) is 59.0 Å². The molecule has 0 saturated carbocycles. The van der Waals surface area contributed by atoms with Crippen LogP contribution in [0, 0.1) is 6.92 Å². The average Bonchev–Trinajstić information content (AvgIpc) is 2.62. The largest absolute Gasteiger partial charge is 0.348 e. The molecule has 5 nitrogen and oxygen atoms in total. The van der Waals surface area contributed by atoms with E-state index in [1.54, 1.807) is 32.0 Å². The molecule has 2 rings (SSSR count). The van der Waals surface area contributed by atoms with Crippen molar-refractivity contribution < 1.29 is 13.2 Å². The molecule has 0 spiro atoms. The number of nitrogens with zero attached hydrogens (tertiary/aromatic N) is 1. The summed E-state index contributed by atoms with van der Waals surface area (Å²) < 4.78 is 26.2. The van der Waals surface area contributed by atoms with Crippen LogP contribution in [0.3, 0.4) is 0 Å². The van der Waals surface area contributed by atoms with Gasteiger partial charge in [0.2, 0.25) is 15.9 Å². The van der Waals surface area contributed by atoms with Crippen molar-refractivity contribution >= 4 is 33.2 Å². The van der Waals surface area contributed by atoms with E-state index in [0.717, 1.165) is 21.7 Å². The molecule has 0 saturated heterocycles. The lowest BCUT2D eigenvalue weighted by Gasteiger charge is -2.30. The molecular weight excluding hydrogens is 420 g/mol. The van der Waals surface area contributed by atoms with E-state index in [-0.39, 0.29) is 17.4 Å². The Morgan fingerprint density at radius 1 is 1.07 bits per heavy atom. The smallest absolute Gasteiger partial charge is 0.244 e. The maximum Gasteiger partial charge on any atom is 0.244 e. The van der Waals surface area contributed by atoms with Crippen molar-refractivity contribution in [1.29, 1.82) is 0 Å². The SMILES string of the molecule is Cc1ccc(Cl)cc1N(C(C)C(=O)NC(C)c1ccc(C(C)(C)C)cc1)S(C)(=O)=O. The Balaban J connectivity index is 2.26. The monoisotopic (exact) mass is 450 g/mol. The first-order valence-electron chi connectivity index (χ1n) is 9.88. The molecule has 0 aliphatic rings. The van der Waals surface area contributed by atoms with Crippen LogP contribution in [-0.4, -0.2) is 26.6 Å². The van der Waals surface area contributed by atoms with Gasteiger partial charge in [0.1, 0.15) is 6.04 Å². The number of halogens is 1. The highest BCUT2D eigenvalue weighted by Gasteiger charge is 2.31. The summed E-state index contributed by atoms with van der Waals surface area (Å²) >= 11 is 6.08. The van der Waals surface area contributed by atoms with E-state index in [9.17, 15) is 13.2 Å². The summed E-state index contributed by atoms with van der Waals surface area (Å²) in [4.78, 5) is 13.0. The Hall–Kier alpha value is -2.05. The number of rotatable bonds is 6. The van der Waals surface area contributed by atoms with E-state index in [1.165, 1.54) is 5.56 Å². The first-order chi connectivity index (χ1) is 13.7. The summed E-state index contributed by atoms with van der Waals surface area (Å²) in [5.41, 5.74) is 3.32. The molecule has 0 bridgehead atoms. The molecule has 0 aliphatic heterocycles. The van der Waals surface area contributed by atoms with E-state index in [4.69, 9.17) is 11.6 Å². The lowest BCUT2D eigenvalue weighted by Crippen LogP contribution is -2.48. The second kappa shape index (κ2) is 8.98. The number of hydrogen-bond donors (Lipinski definition) is 1. The predicted molar refractivity (Wildman–Crippen MR) is 125 cm³/mol. The zero-order valence-electron chi connectivity index (χ0n) is 18.7. The number of benzene rings is 2. The highest BCUT2D eigenvalue weighted by molar-refractivity contribution is 7.92. The zero-order valence-corrected chi connectivity index (χ0v) is 20.2. The number of hydrogen-bond acceptors (Lipinski definition) is 3. The Labute approximate surface area is 185 Å². The van der Waals surface area contributed by atoms with Crippen molar-refractivity contribution in [3.05, 3.63) is 64.2 Å². The summed E-state index contributed by atoms with van der Waals surface area (Å²) in [6.07, 6.45) is 1.09. The fourth-order valence-corrected chi connectivity index (χ4v) is 4.68. The van der Waals surface area contributed by atoms with Crippen LogP contribution in [-0.2, 0) is 20.2 Å². The molecule has 1 N–H and O–H groups in total. The number of sulfonamides is 1. The number of nitrogens with one attached hydrogen (secondary N) is 1. The van der Waals surface area contributed by atoms with Crippen molar-refractivity contribution in [3.8, 4) is 0 Å². The average molecular weight is 451 g/mol. The minimum atomic E-state index is -3.71. The minimum Gasteiger partial charge on any atom is -0.348 e. The Morgan fingerprint density at radius 3 is 2.13 bits per heavy atom. The van der Waals surface area contributed by atoms with Gasteiger partial charge in [-0.2, -0.15) is 0 Å². The van der Waals surface area contributed by atoms with Crippen molar-refractivity contribution in [2.75, 3.05) is 10.6 Å². The Morgan fingerprint density at radius 2 is 1.63 bits per heavy atom. The number of anilines is 1. The molecule has 30 heavy (non-hydrogen) atoms. The van der Waals surface area contributed by atoms with Crippen LogP contribution in [0.5, 0.6) is 0 Å². The fourth-order valence-electron chi connectivity index (χ4n) is 3.29. The third kappa shape index (κ3) is 5.76. The molecule has 2 unspecified atom stereocenters. The lowest BCUT2D eigenvalue weighted by atomic mass is 9.86. The van der Waals surface area contributed by atoms with E-state index in [0.29, 0.717) is 10.7 Å². The van der Waals surface area contributed by atoms with Gasteiger partial charge < -0.3 is 5.32 Å². The van der Waals surface area contributed by atoms with Gasteiger partial charge in [-0.25, -0.2) is 8.42 Å². The standard InChI is InChI=1S/C23H31ClN2O3S/c1-15-8-13-20(24)14-21(15)26(30(7,28)29)17(3)22(27)25-16(2)18-9-11-19(12-10-18)23(4,5)6/h8-14,16-17H,1-7H3,(H,25,27). The highest BCUT2D eigenvalue weighted by Crippen LogP contribution is 2.29. The molecule has 0 aliphatic carbocycles. The second-order valence-corrected chi connectivity index (χ2v) is 11.1. The summed E-state index contributed by atoms with van der Waals surface area (Å²) in [5, 5.41) is 3.34. The summed E-state index contributed by atoms with van der Waals surface area (Å²) in [7, 11) is -3.71. The minimum absolute atomic E-state index is 0.0460. The number of carbonyl (C=O) groups excluding carboxylic acids is 1. The normalized spacial score (nSPS) is 14.1. The molecule has 0 radical (unpaired) electrons. The zero-order chi connectivity index (χ0) is 22.9. The quantitative estimate of drug-likeness (QED) is 0.675. The van der Waals surface area contributed by atoms with Crippen LogP contribution < -0.4 is 9.62 Å². The topological polar surface area (TPSA) is 66.5 Å². The molecule has 0 heterocycles. The maximum atomic E-state index is 13.0. The highest BCUT2D eigenvalue weighted by atomic mass is 35.5. The number of aryl methyl sites for hydroxylation is 1. The second-order valence-electron chi connectivity index (χ2n) is 8.77. The molecule has 0 fully saturated rings. The van der Waals surface area contributed by atoms with Crippen LogP contribution in [0.15, 0.2) is 42.5 Å². The Kier molecular flexibility index (Phi) is 7.25. The molecule has 2 aromatic rings. The van der Waals surface area contributed by atoms with E-state index in [2.05, 4.69) is 38.2 Å². The van der Waals surface area contributed by atoms with Crippen molar-refractivity contribution in [3.63, 3.8) is 0 Å². The van der Waals surface area contributed by atoms with Crippen LogP contribution >= 0.6 is 11.6 Å². The van der Waals surface area contributed by atoms with Crippen LogP contribution in [0.1, 0.15) is 57.4 Å². The maximum absolute atomic E-state index is 13.0. The lowest BCUT2D eigenvalue weighted by molar-refractivity contribution is -0.122. The third-order valence-corrected chi connectivity index (χ3v) is 6.60. The molecule has 2 atom stereocenters. The van der Waals surface area contributed by atoms with Gasteiger partial charge >= 0.3 is 0 Å². The third-order valence-electron chi connectivity index (χ3n) is 5.13. The van der Waals surface area contributed by atoms with Gasteiger partial charge in [0.15, 0.2) is 0 Å². The van der Waals surface area contributed by atoms with Gasteiger partial charge in [-0.05, 0) is 55.0 Å². The number of carbonyl (C=O) groups is 1. The molecule has 1 amide bonds. The number of amides is 1. The van der Waals surface area contributed by atoms with E-state index >= 15 is 0 Å². The Bertz CT molecular complexity index is 1010. The van der Waals surface area contributed by atoms with Gasteiger partial charge in [-0.15, -0.1) is 0 Å². The van der Waals surface area contributed by atoms with Gasteiger partial charge in [0.25, 0.3) is 0 Å². The van der Waals surface area contributed by atoms with Crippen LogP contribution in [0.4, 0.5) is 5.69 Å².